The Morgan fingerprint density at radius 1 is 1.23 bits per heavy atom. The number of aryl methyl sites for hydroxylation is 2. The van der Waals surface area contributed by atoms with Crippen LogP contribution in [0.4, 0.5) is 0 Å². The third-order valence-electron chi connectivity index (χ3n) is 3.87. The first-order valence-corrected chi connectivity index (χ1v) is 7.68. The number of aromatic nitrogens is 2. The number of hydrogen-bond donors (Lipinski definition) is 1. The molecule has 22 heavy (non-hydrogen) atoms. The zero-order valence-corrected chi connectivity index (χ0v) is 13.7. The Balaban J connectivity index is 2.05. The monoisotopic (exact) mass is 302 g/mol. The van der Waals surface area contributed by atoms with Gasteiger partial charge in [-0.3, -0.25) is 4.90 Å². The lowest BCUT2D eigenvalue weighted by Crippen LogP contribution is -2.31. The van der Waals surface area contributed by atoms with Crippen LogP contribution < -0.4 is 10.5 Å². The molecule has 120 valence electrons. The predicted octanol–water partition coefficient (Wildman–Crippen LogP) is 1.74. The Hall–Kier alpha value is -1.85. The molecule has 2 rings (SSSR count). The van der Waals surface area contributed by atoms with Crippen LogP contribution in [0, 0.1) is 6.92 Å². The van der Waals surface area contributed by atoms with Gasteiger partial charge in [0.2, 0.25) is 5.88 Å². The maximum atomic E-state index is 5.77. The van der Waals surface area contributed by atoms with E-state index >= 15 is 0 Å². The molecule has 0 aliphatic heterocycles. The van der Waals surface area contributed by atoms with Crippen molar-refractivity contribution in [3.63, 3.8) is 0 Å². The van der Waals surface area contributed by atoms with Gasteiger partial charge in [-0.05, 0) is 18.9 Å². The molecule has 0 saturated carbocycles. The number of nitrogens with zero attached hydrogens (tertiary/aromatic N) is 3. The van der Waals surface area contributed by atoms with E-state index in [0.29, 0.717) is 6.54 Å². The first kappa shape index (κ1) is 16.5. The summed E-state index contributed by atoms with van der Waals surface area (Å²) in [5.41, 5.74) is 9.28. The van der Waals surface area contributed by atoms with Gasteiger partial charge in [0, 0.05) is 33.2 Å². The lowest BCUT2D eigenvalue weighted by atomic mass is 10.1. The first-order chi connectivity index (χ1) is 10.7. The molecule has 5 heteroatoms. The molecule has 2 aromatic rings. The molecule has 1 aromatic heterocycles. The maximum absolute atomic E-state index is 5.77. The molecule has 0 amide bonds. The summed E-state index contributed by atoms with van der Waals surface area (Å²) in [7, 11) is 3.60. The van der Waals surface area contributed by atoms with E-state index in [2.05, 4.69) is 34.3 Å². The highest BCUT2D eigenvalue weighted by molar-refractivity contribution is 5.30. The van der Waals surface area contributed by atoms with Crippen molar-refractivity contribution < 1.29 is 4.74 Å². The van der Waals surface area contributed by atoms with Crippen molar-refractivity contribution in [3.8, 4) is 5.88 Å². The Kier molecular flexibility index (Phi) is 5.98. The van der Waals surface area contributed by atoms with Crippen LogP contribution in [0.3, 0.4) is 0 Å². The highest BCUT2D eigenvalue weighted by Crippen LogP contribution is 2.22. The van der Waals surface area contributed by atoms with Crippen LogP contribution in [-0.2, 0) is 20.0 Å². The standard InChI is InChI=1S/C17H26N4O/c1-14-16(17(22-3)20(2)19-14)13-21(12-10-18)11-9-15-7-5-4-6-8-15/h4-8H,9-13,18H2,1-3H3. The van der Waals surface area contributed by atoms with E-state index in [0.717, 1.165) is 43.2 Å². The van der Waals surface area contributed by atoms with Gasteiger partial charge in [-0.2, -0.15) is 5.10 Å². The summed E-state index contributed by atoms with van der Waals surface area (Å²) in [6.45, 7) is 5.32. The van der Waals surface area contributed by atoms with E-state index in [-0.39, 0.29) is 0 Å². The molecular weight excluding hydrogens is 276 g/mol. The highest BCUT2D eigenvalue weighted by Gasteiger charge is 2.17. The minimum Gasteiger partial charge on any atom is -0.481 e. The minimum atomic E-state index is 0.649. The van der Waals surface area contributed by atoms with Crippen molar-refractivity contribution in [1.82, 2.24) is 14.7 Å². The molecule has 2 N–H and O–H groups in total. The van der Waals surface area contributed by atoms with Gasteiger partial charge in [0.15, 0.2) is 0 Å². The van der Waals surface area contributed by atoms with E-state index in [9.17, 15) is 0 Å². The van der Waals surface area contributed by atoms with Crippen LogP contribution >= 0.6 is 0 Å². The van der Waals surface area contributed by atoms with Crippen molar-refractivity contribution in [2.75, 3.05) is 26.7 Å². The largest absolute Gasteiger partial charge is 0.481 e. The number of nitrogens with two attached hydrogens (primary N) is 1. The van der Waals surface area contributed by atoms with Gasteiger partial charge in [-0.25, -0.2) is 4.68 Å². The van der Waals surface area contributed by atoms with E-state index in [1.807, 2.05) is 20.0 Å². The van der Waals surface area contributed by atoms with E-state index < -0.39 is 0 Å². The summed E-state index contributed by atoms with van der Waals surface area (Å²) in [5.74, 6) is 0.833. The third kappa shape index (κ3) is 4.08. The van der Waals surface area contributed by atoms with Gasteiger partial charge in [-0.1, -0.05) is 30.3 Å². The Morgan fingerprint density at radius 3 is 2.59 bits per heavy atom. The van der Waals surface area contributed by atoms with Crippen molar-refractivity contribution in [3.05, 3.63) is 47.2 Å². The molecule has 0 atom stereocenters. The molecule has 0 spiro atoms. The summed E-state index contributed by atoms with van der Waals surface area (Å²) in [5, 5.41) is 4.45. The topological polar surface area (TPSA) is 56.3 Å². The summed E-state index contributed by atoms with van der Waals surface area (Å²) in [6.07, 6.45) is 1.02. The Labute approximate surface area is 132 Å². The van der Waals surface area contributed by atoms with Gasteiger partial charge < -0.3 is 10.5 Å². The van der Waals surface area contributed by atoms with Crippen LogP contribution in [0.25, 0.3) is 0 Å². The smallest absolute Gasteiger partial charge is 0.216 e. The van der Waals surface area contributed by atoms with Gasteiger partial charge in [0.1, 0.15) is 0 Å². The van der Waals surface area contributed by atoms with E-state index in [1.54, 1.807) is 11.8 Å². The highest BCUT2D eigenvalue weighted by atomic mass is 16.5. The third-order valence-corrected chi connectivity index (χ3v) is 3.87. The Morgan fingerprint density at radius 2 is 1.95 bits per heavy atom. The molecule has 0 bridgehead atoms. The lowest BCUT2D eigenvalue weighted by Gasteiger charge is -2.22. The van der Waals surface area contributed by atoms with Gasteiger partial charge >= 0.3 is 0 Å². The number of ether oxygens (including phenoxy) is 1. The molecule has 0 fully saturated rings. The van der Waals surface area contributed by atoms with Crippen LogP contribution in [0.2, 0.25) is 0 Å². The van der Waals surface area contributed by atoms with Crippen LogP contribution in [0.15, 0.2) is 30.3 Å². The van der Waals surface area contributed by atoms with Gasteiger partial charge in [-0.15, -0.1) is 0 Å². The van der Waals surface area contributed by atoms with E-state index in [4.69, 9.17) is 10.5 Å². The second-order valence-electron chi connectivity index (χ2n) is 5.50. The summed E-state index contributed by atoms with van der Waals surface area (Å²) in [6, 6.07) is 10.5. The van der Waals surface area contributed by atoms with Crippen LogP contribution in [0.5, 0.6) is 5.88 Å². The first-order valence-electron chi connectivity index (χ1n) is 7.68. The average molecular weight is 302 g/mol. The average Bonchev–Trinajstić information content (AvgIpc) is 2.79. The number of hydrogen-bond acceptors (Lipinski definition) is 4. The molecule has 0 aliphatic rings. The second-order valence-corrected chi connectivity index (χ2v) is 5.50. The maximum Gasteiger partial charge on any atom is 0.216 e. The molecule has 1 heterocycles. The molecule has 0 saturated heterocycles. The van der Waals surface area contributed by atoms with Gasteiger partial charge in [0.25, 0.3) is 0 Å². The van der Waals surface area contributed by atoms with Crippen LogP contribution in [0.1, 0.15) is 16.8 Å². The number of rotatable bonds is 8. The Bertz CT molecular complexity index is 580. The van der Waals surface area contributed by atoms with Crippen molar-refractivity contribution in [2.45, 2.75) is 19.9 Å². The SMILES string of the molecule is COc1c(CN(CCN)CCc2ccccc2)c(C)nn1C. The fourth-order valence-electron chi connectivity index (χ4n) is 2.73. The fraction of sp³-hybridized carbons (Fsp3) is 0.471. The molecule has 1 aromatic carbocycles. The molecular formula is C17H26N4O. The summed E-state index contributed by atoms with van der Waals surface area (Å²) in [4.78, 5) is 2.36. The lowest BCUT2D eigenvalue weighted by molar-refractivity contribution is 0.269. The van der Waals surface area contributed by atoms with Crippen LogP contribution in [-0.4, -0.2) is 41.4 Å². The molecule has 5 nitrogen and oxygen atoms in total. The zero-order valence-electron chi connectivity index (χ0n) is 13.7. The number of benzene rings is 1. The molecule has 0 aliphatic carbocycles. The number of methoxy groups -OCH3 is 1. The van der Waals surface area contributed by atoms with Crippen molar-refractivity contribution in [1.29, 1.82) is 0 Å². The van der Waals surface area contributed by atoms with E-state index in [1.165, 1.54) is 5.56 Å². The quantitative estimate of drug-likeness (QED) is 0.807. The minimum absolute atomic E-state index is 0.649. The van der Waals surface area contributed by atoms with Crippen molar-refractivity contribution in [2.24, 2.45) is 12.8 Å². The molecule has 0 radical (unpaired) electrons. The predicted molar refractivity (Wildman–Crippen MR) is 89.0 cm³/mol. The summed E-state index contributed by atoms with van der Waals surface area (Å²) < 4.78 is 7.28. The normalized spacial score (nSPS) is 11.1. The van der Waals surface area contributed by atoms with Gasteiger partial charge in [0.05, 0.1) is 18.4 Å². The fourth-order valence-corrected chi connectivity index (χ4v) is 2.73. The second kappa shape index (κ2) is 7.96. The zero-order chi connectivity index (χ0) is 15.9. The molecule has 0 unspecified atom stereocenters. The summed E-state index contributed by atoms with van der Waals surface area (Å²) >= 11 is 0. The van der Waals surface area contributed by atoms with Crippen molar-refractivity contribution >= 4 is 0 Å².